The van der Waals surface area contributed by atoms with Crippen LogP contribution in [0.4, 0.5) is 0 Å². The van der Waals surface area contributed by atoms with Crippen molar-refractivity contribution in [2.75, 3.05) is 0 Å². The number of carbonyl (C=O) groups is 1. The molecular formula is C22H29N3O3. The Balaban J connectivity index is 1.95. The molecule has 0 bridgehead atoms. The van der Waals surface area contributed by atoms with Gasteiger partial charge in [0, 0.05) is 18.2 Å². The lowest BCUT2D eigenvalue weighted by molar-refractivity contribution is 0.0148. The fourth-order valence-electron chi connectivity index (χ4n) is 3.66. The predicted molar refractivity (Wildman–Crippen MR) is 108 cm³/mol. The smallest absolute Gasteiger partial charge is 0.263 e. The second-order valence-corrected chi connectivity index (χ2v) is 8.56. The molecule has 150 valence electrons. The van der Waals surface area contributed by atoms with Crippen LogP contribution in [0.1, 0.15) is 68.2 Å². The van der Waals surface area contributed by atoms with E-state index in [9.17, 15) is 14.7 Å². The van der Waals surface area contributed by atoms with Crippen LogP contribution in [-0.4, -0.2) is 38.0 Å². The summed E-state index contributed by atoms with van der Waals surface area (Å²) in [5.74, 6) is 0.158. The molecular weight excluding hydrogens is 354 g/mol. The van der Waals surface area contributed by atoms with Crippen molar-refractivity contribution in [2.45, 2.75) is 70.6 Å². The second-order valence-electron chi connectivity index (χ2n) is 8.56. The minimum atomic E-state index is -0.581. The SMILES string of the molecule is CC(C)(C)c1ncc(C(=O)N(Cc2ccccc2)[C@@H]2CCCC[C@H]2O)c(=O)[nH]1. The molecule has 1 aliphatic carbocycles. The Hall–Kier alpha value is -2.47. The van der Waals surface area contributed by atoms with Gasteiger partial charge in [-0.3, -0.25) is 9.59 Å². The van der Waals surface area contributed by atoms with E-state index in [1.165, 1.54) is 6.20 Å². The summed E-state index contributed by atoms with van der Waals surface area (Å²) in [4.78, 5) is 34.7. The van der Waals surface area contributed by atoms with E-state index in [-0.39, 0.29) is 22.9 Å². The lowest BCUT2D eigenvalue weighted by atomic mass is 9.90. The summed E-state index contributed by atoms with van der Waals surface area (Å²) in [6.45, 7) is 6.20. The normalized spacial score (nSPS) is 20.0. The first-order chi connectivity index (χ1) is 13.3. The van der Waals surface area contributed by atoms with E-state index in [1.807, 2.05) is 51.1 Å². The molecule has 0 saturated heterocycles. The topological polar surface area (TPSA) is 86.3 Å². The number of aromatic nitrogens is 2. The molecule has 2 aromatic rings. The summed E-state index contributed by atoms with van der Waals surface area (Å²) in [7, 11) is 0. The van der Waals surface area contributed by atoms with Crippen LogP contribution >= 0.6 is 0 Å². The van der Waals surface area contributed by atoms with E-state index in [2.05, 4.69) is 9.97 Å². The van der Waals surface area contributed by atoms with Gasteiger partial charge in [0.15, 0.2) is 0 Å². The molecule has 28 heavy (non-hydrogen) atoms. The maximum absolute atomic E-state index is 13.3. The Labute approximate surface area is 165 Å². The number of benzene rings is 1. The first-order valence-electron chi connectivity index (χ1n) is 9.90. The number of nitrogens with one attached hydrogen (secondary N) is 1. The van der Waals surface area contributed by atoms with Crippen molar-refractivity contribution < 1.29 is 9.90 Å². The molecule has 0 radical (unpaired) electrons. The minimum absolute atomic E-state index is 0.0155. The number of nitrogens with zero attached hydrogens (tertiary/aromatic N) is 2. The van der Waals surface area contributed by atoms with Crippen LogP contribution in [0.15, 0.2) is 41.3 Å². The molecule has 6 heteroatoms. The summed E-state index contributed by atoms with van der Waals surface area (Å²) in [6.07, 6.45) is 4.09. The molecule has 1 aromatic carbocycles. The second kappa shape index (κ2) is 8.27. The van der Waals surface area contributed by atoms with Crippen molar-refractivity contribution in [2.24, 2.45) is 0 Å². The first-order valence-corrected chi connectivity index (χ1v) is 9.90. The van der Waals surface area contributed by atoms with E-state index in [0.717, 1.165) is 24.8 Å². The molecule has 0 aliphatic heterocycles. The summed E-state index contributed by atoms with van der Waals surface area (Å²) < 4.78 is 0. The van der Waals surface area contributed by atoms with Crippen LogP contribution in [0.2, 0.25) is 0 Å². The van der Waals surface area contributed by atoms with Crippen LogP contribution in [0.5, 0.6) is 0 Å². The number of hydrogen-bond donors (Lipinski definition) is 2. The maximum atomic E-state index is 13.3. The van der Waals surface area contributed by atoms with Crippen molar-refractivity contribution in [3.05, 3.63) is 63.8 Å². The molecule has 6 nitrogen and oxygen atoms in total. The molecule has 2 atom stereocenters. The third kappa shape index (κ3) is 4.50. The highest BCUT2D eigenvalue weighted by molar-refractivity contribution is 5.93. The summed E-state index contributed by atoms with van der Waals surface area (Å²) in [5, 5.41) is 10.5. The molecule has 1 saturated carbocycles. The van der Waals surface area contributed by atoms with Crippen molar-refractivity contribution in [1.29, 1.82) is 0 Å². The number of carbonyl (C=O) groups excluding carboxylic acids is 1. The van der Waals surface area contributed by atoms with Crippen LogP contribution in [0.3, 0.4) is 0 Å². The van der Waals surface area contributed by atoms with Gasteiger partial charge in [0.05, 0.1) is 12.1 Å². The lowest BCUT2D eigenvalue weighted by Crippen LogP contribution is -2.49. The Kier molecular flexibility index (Phi) is 5.98. The average molecular weight is 383 g/mol. The minimum Gasteiger partial charge on any atom is -0.391 e. The fraction of sp³-hybridized carbons (Fsp3) is 0.500. The lowest BCUT2D eigenvalue weighted by Gasteiger charge is -2.37. The Morgan fingerprint density at radius 3 is 2.50 bits per heavy atom. The third-order valence-corrected chi connectivity index (χ3v) is 5.29. The average Bonchev–Trinajstić information content (AvgIpc) is 2.66. The molecule has 1 aliphatic rings. The monoisotopic (exact) mass is 383 g/mol. The number of aromatic amines is 1. The molecule has 1 amide bonds. The number of amides is 1. The zero-order chi connectivity index (χ0) is 20.3. The van der Waals surface area contributed by atoms with Gasteiger partial charge < -0.3 is 15.0 Å². The summed E-state index contributed by atoms with van der Waals surface area (Å²) in [5.41, 5.74) is 0.226. The molecule has 3 rings (SSSR count). The predicted octanol–water partition coefficient (Wildman–Crippen LogP) is 3.01. The Bertz CT molecular complexity index is 871. The highest BCUT2D eigenvalue weighted by Crippen LogP contribution is 2.26. The van der Waals surface area contributed by atoms with Gasteiger partial charge in [-0.2, -0.15) is 0 Å². The zero-order valence-electron chi connectivity index (χ0n) is 16.8. The molecule has 0 unspecified atom stereocenters. The van der Waals surface area contributed by atoms with Crippen molar-refractivity contribution >= 4 is 5.91 Å². The van der Waals surface area contributed by atoms with Gasteiger partial charge >= 0.3 is 0 Å². The fourth-order valence-corrected chi connectivity index (χ4v) is 3.66. The van der Waals surface area contributed by atoms with E-state index in [1.54, 1.807) is 4.90 Å². The van der Waals surface area contributed by atoms with Crippen LogP contribution in [-0.2, 0) is 12.0 Å². The summed E-state index contributed by atoms with van der Waals surface area (Å²) >= 11 is 0. The summed E-state index contributed by atoms with van der Waals surface area (Å²) in [6, 6.07) is 9.35. The van der Waals surface area contributed by atoms with E-state index >= 15 is 0 Å². The van der Waals surface area contributed by atoms with Gasteiger partial charge in [-0.25, -0.2) is 4.98 Å². The molecule has 1 heterocycles. The molecule has 1 fully saturated rings. The van der Waals surface area contributed by atoms with Gasteiger partial charge in [-0.15, -0.1) is 0 Å². The van der Waals surface area contributed by atoms with Gasteiger partial charge in [-0.05, 0) is 18.4 Å². The Morgan fingerprint density at radius 2 is 1.89 bits per heavy atom. The third-order valence-electron chi connectivity index (χ3n) is 5.29. The van der Waals surface area contributed by atoms with Crippen LogP contribution < -0.4 is 5.56 Å². The number of rotatable bonds is 4. The van der Waals surface area contributed by atoms with Gasteiger partial charge in [-0.1, -0.05) is 63.9 Å². The highest BCUT2D eigenvalue weighted by Gasteiger charge is 2.33. The standard InChI is InChI=1S/C22H29N3O3/c1-22(2,3)21-23-13-16(19(27)24-21)20(28)25(14-15-9-5-4-6-10-15)17-11-7-8-12-18(17)26/h4-6,9-10,13,17-18,26H,7-8,11-12,14H2,1-3H3,(H,23,24,27)/t17-,18-/m1/s1. The van der Waals surface area contributed by atoms with Gasteiger partial charge in [0.25, 0.3) is 11.5 Å². The number of aliphatic hydroxyl groups is 1. The molecule has 1 aromatic heterocycles. The van der Waals surface area contributed by atoms with Crippen molar-refractivity contribution in [1.82, 2.24) is 14.9 Å². The maximum Gasteiger partial charge on any atom is 0.263 e. The zero-order valence-corrected chi connectivity index (χ0v) is 16.8. The van der Waals surface area contributed by atoms with Crippen LogP contribution in [0.25, 0.3) is 0 Å². The molecule has 2 N–H and O–H groups in total. The van der Waals surface area contributed by atoms with Crippen LogP contribution in [0, 0.1) is 0 Å². The largest absolute Gasteiger partial charge is 0.391 e. The number of H-pyrrole nitrogens is 1. The van der Waals surface area contributed by atoms with E-state index < -0.39 is 11.7 Å². The quantitative estimate of drug-likeness (QED) is 0.850. The number of aliphatic hydroxyl groups excluding tert-OH is 1. The van der Waals surface area contributed by atoms with Gasteiger partial charge in [0.2, 0.25) is 0 Å². The highest BCUT2D eigenvalue weighted by atomic mass is 16.3. The Morgan fingerprint density at radius 1 is 1.21 bits per heavy atom. The number of hydrogen-bond acceptors (Lipinski definition) is 4. The first kappa shape index (κ1) is 20.3. The van der Waals surface area contributed by atoms with Crippen molar-refractivity contribution in [3.63, 3.8) is 0 Å². The van der Waals surface area contributed by atoms with Crippen molar-refractivity contribution in [3.8, 4) is 0 Å². The van der Waals surface area contributed by atoms with E-state index in [0.29, 0.717) is 18.8 Å². The van der Waals surface area contributed by atoms with Gasteiger partial charge in [0.1, 0.15) is 11.4 Å². The van der Waals surface area contributed by atoms with E-state index in [4.69, 9.17) is 0 Å². The molecule has 0 spiro atoms.